The number of carbonyl (C=O) groups excluding carboxylic acids is 1. The predicted octanol–water partition coefficient (Wildman–Crippen LogP) is 5.32. The quantitative estimate of drug-likeness (QED) is 0.443. The second-order valence-electron chi connectivity index (χ2n) is 8.65. The Labute approximate surface area is 201 Å². The number of amidine groups is 1. The fourth-order valence-electron chi connectivity index (χ4n) is 4.25. The molecule has 1 aromatic carbocycles. The van der Waals surface area contributed by atoms with Crippen LogP contribution >= 0.6 is 23.2 Å². The highest BCUT2D eigenvalue weighted by molar-refractivity contribution is 6.35. The summed E-state index contributed by atoms with van der Waals surface area (Å²) in [5, 5.41) is 5.56. The van der Waals surface area contributed by atoms with Gasteiger partial charge in [-0.15, -0.1) is 0 Å². The number of fused-ring (bicyclic) bond motifs is 1. The Morgan fingerprint density at radius 3 is 2.44 bits per heavy atom. The van der Waals surface area contributed by atoms with E-state index in [-0.39, 0.29) is 36.6 Å². The lowest BCUT2D eigenvalue weighted by atomic mass is 9.89. The van der Waals surface area contributed by atoms with Gasteiger partial charge < -0.3 is 15.1 Å². The van der Waals surface area contributed by atoms with Crippen LogP contribution in [0.1, 0.15) is 52.9 Å². The summed E-state index contributed by atoms with van der Waals surface area (Å²) in [6, 6.07) is 3.51. The van der Waals surface area contributed by atoms with Crippen LogP contribution in [0.4, 0.5) is 17.6 Å². The van der Waals surface area contributed by atoms with E-state index >= 15 is 0 Å². The number of rotatable bonds is 3. The standard InChI is InChI=1S/C22H18Cl2F4N4O2/c23-15-5-13(6-16(24)19(15)25)21(22(26,27)28)7-18(31-34-21)32-9-11-4-17(29-8-12(11)10-32)20(33)30-14-2-1-3-14/h4-6,8,14H,1-3,7,9-10H2,(H,30,33). The van der Waals surface area contributed by atoms with Gasteiger partial charge in [-0.1, -0.05) is 28.4 Å². The number of nitrogens with zero attached hydrogens (tertiary/aromatic N) is 3. The molecule has 2 aromatic rings. The summed E-state index contributed by atoms with van der Waals surface area (Å²) in [4.78, 5) is 23.2. The Morgan fingerprint density at radius 1 is 1.15 bits per heavy atom. The van der Waals surface area contributed by atoms with Gasteiger partial charge in [0.15, 0.2) is 5.82 Å². The van der Waals surface area contributed by atoms with Crippen LogP contribution in [0, 0.1) is 5.82 Å². The van der Waals surface area contributed by atoms with Gasteiger partial charge in [-0.2, -0.15) is 13.2 Å². The lowest BCUT2D eigenvalue weighted by Gasteiger charge is -2.30. The molecule has 180 valence electrons. The maximum absolute atomic E-state index is 14.2. The third-order valence-corrected chi connectivity index (χ3v) is 7.02. The van der Waals surface area contributed by atoms with Crippen LogP contribution in [0.2, 0.25) is 10.0 Å². The molecule has 0 bridgehead atoms. The minimum Gasteiger partial charge on any atom is -0.372 e. The van der Waals surface area contributed by atoms with E-state index in [4.69, 9.17) is 28.0 Å². The van der Waals surface area contributed by atoms with Crippen molar-refractivity contribution in [3.05, 3.63) is 62.6 Å². The smallest absolute Gasteiger partial charge is 0.372 e. The molecule has 3 heterocycles. The largest absolute Gasteiger partial charge is 0.435 e. The summed E-state index contributed by atoms with van der Waals surface area (Å²) in [6.07, 6.45) is -1.02. The van der Waals surface area contributed by atoms with Crippen molar-refractivity contribution >= 4 is 34.9 Å². The van der Waals surface area contributed by atoms with Gasteiger partial charge in [0.05, 0.1) is 16.5 Å². The number of aromatic nitrogens is 1. The first kappa shape index (κ1) is 23.2. The van der Waals surface area contributed by atoms with Crippen molar-refractivity contribution in [1.29, 1.82) is 0 Å². The summed E-state index contributed by atoms with van der Waals surface area (Å²) in [6.45, 7) is 0.497. The third-order valence-electron chi connectivity index (χ3n) is 6.47. The number of nitrogens with one attached hydrogen (secondary N) is 1. The number of halogens is 6. The number of amides is 1. The molecule has 0 saturated heterocycles. The lowest BCUT2D eigenvalue weighted by Crippen LogP contribution is -2.44. The van der Waals surface area contributed by atoms with E-state index in [1.807, 2.05) is 0 Å². The first-order chi connectivity index (χ1) is 16.1. The van der Waals surface area contributed by atoms with E-state index in [9.17, 15) is 22.4 Å². The maximum Gasteiger partial charge on any atom is 0.435 e. The van der Waals surface area contributed by atoms with E-state index in [0.29, 0.717) is 0 Å². The first-order valence-electron chi connectivity index (χ1n) is 10.6. The van der Waals surface area contributed by atoms with Crippen molar-refractivity contribution < 1.29 is 27.2 Å². The van der Waals surface area contributed by atoms with Crippen LogP contribution in [-0.4, -0.2) is 33.8 Å². The Hall–Kier alpha value is -2.59. The highest BCUT2D eigenvalue weighted by atomic mass is 35.5. The lowest BCUT2D eigenvalue weighted by molar-refractivity contribution is -0.275. The van der Waals surface area contributed by atoms with Gasteiger partial charge in [0.2, 0.25) is 0 Å². The van der Waals surface area contributed by atoms with Gasteiger partial charge in [0, 0.05) is 30.9 Å². The molecule has 1 saturated carbocycles. The van der Waals surface area contributed by atoms with E-state index in [2.05, 4.69) is 15.5 Å². The van der Waals surface area contributed by atoms with Crippen LogP contribution in [0.5, 0.6) is 0 Å². The Kier molecular flexibility index (Phi) is 5.63. The fourth-order valence-corrected chi connectivity index (χ4v) is 4.73. The van der Waals surface area contributed by atoms with Crippen LogP contribution in [0.15, 0.2) is 29.6 Å². The Bertz CT molecular complexity index is 1180. The van der Waals surface area contributed by atoms with E-state index < -0.39 is 39.6 Å². The normalized spacial score (nSPS) is 22.2. The summed E-state index contributed by atoms with van der Waals surface area (Å²) in [5.41, 5.74) is -1.49. The number of hydrogen-bond donors (Lipinski definition) is 1. The second-order valence-corrected chi connectivity index (χ2v) is 9.46. The van der Waals surface area contributed by atoms with Crippen LogP contribution < -0.4 is 5.32 Å². The minimum absolute atomic E-state index is 0.0607. The molecular formula is C22H18Cl2F4N4O2. The molecule has 1 fully saturated rings. The maximum atomic E-state index is 14.2. The molecule has 2 aliphatic heterocycles. The van der Waals surface area contributed by atoms with Crippen LogP contribution in [0.3, 0.4) is 0 Å². The van der Waals surface area contributed by atoms with Gasteiger partial charge in [0.25, 0.3) is 11.5 Å². The van der Waals surface area contributed by atoms with Crippen molar-refractivity contribution in [2.75, 3.05) is 0 Å². The molecule has 3 aliphatic rings. The predicted molar refractivity (Wildman–Crippen MR) is 116 cm³/mol. The molecule has 5 rings (SSSR count). The Balaban J connectivity index is 1.36. The zero-order valence-corrected chi connectivity index (χ0v) is 19.1. The monoisotopic (exact) mass is 516 g/mol. The van der Waals surface area contributed by atoms with Gasteiger partial charge in [-0.25, -0.2) is 4.39 Å². The molecule has 1 aromatic heterocycles. The number of carbonyl (C=O) groups is 1. The minimum atomic E-state index is -4.89. The van der Waals surface area contributed by atoms with E-state index in [1.165, 1.54) is 0 Å². The molecule has 34 heavy (non-hydrogen) atoms. The molecule has 1 aliphatic carbocycles. The number of alkyl halides is 3. The third kappa shape index (κ3) is 3.86. The SMILES string of the molecule is O=C(NC1CCC1)c1cc2c(cn1)CN(C1=NOC(c3cc(Cl)c(F)c(Cl)c3)(C(F)(F)F)C1)C2. The highest BCUT2D eigenvalue weighted by Gasteiger charge is 2.63. The van der Waals surface area contributed by atoms with E-state index in [0.717, 1.165) is 42.5 Å². The average Bonchev–Trinajstić information content (AvgIpc) is 3.38. The zero-order chi connectivity index (χ0) is 24.3. The van der Waals surface area contributed by atoms with Crippen LogP contribution in [0.25, 0.3) is 0 Å². The molecule has 1 N–H and O–H groups in total. The van der Waals surface area contributed by atoms with Gasteiger partial charge in [0.1, 0.15) is 11.5 Å². The summed E-state index contributed by atoms with van der Waals surface area (Å²) < 4.78 is 56.5. The summed E-state index contributed by atoms with van der Waals surface area (Å²) >= 11 is 11.5. The van der Waals surface area contributed by atoms with Crippen LogP contribution in [-0.2, 0) is 23.5 Å². The van der Waals surface area contributed by atoms with Crippen molar-refractivity contribution in [2.24, 2.45) is 5.16 Å². The zero-order valence-electron chi connectivity index (χ0n) is 17.6. The van der Waals surface area contributed by atoms with Crippen molar-refractivity contribution in [2.45, 2.75) is 56.6 Å². The molecule has 1 amide bonds. The van der Waals surface area contributed by atoms with Gasteiger partial charge in [-0.05, 0) is 48.6 Å². The topological polar surface area (TPSA) is 66.8 Å². The number of benzene rings is 1. The molecule has 0 radical (unpaired) electrons. The van der Waals surface area contributed by atoms with Crippen molar-refractivity contribution in [3.8, 4) is 0 Å². The summed E-state index contributed by atoms with van der Waals surface area (Å²) in [5.74, 6) is -1.22. The van der Waals surface area contributed by atoms with E-state index in [1.54, 1.807) is 17.2 Å². The Morgan fingerprint density at radius 2 is 1.82 bits per heavy atom. The van der Waals surface area contributed by atoms with Crippen molar-refractivity contribution in [3.63, 3.8) is 0 Å². The molecule has 1 unspecified atom stereocenters. The van der Waals surface area contributed by atoms with Crippen molar-refractivity contribution in [1.82, 2.24) is 15.2 Å². The first-order valence-corrected chi connectivity index (χ1v) is 11.3. The molecular weight excluding hydrogens is 499 g/mol. The number of pyridine rings is 1. The average molecular weight is 517 g/mol. The van der Waals surface area contributed by atoms with Gasteiger partial charge in [-0.3, -0.25) is 9.78 Å². The summed E-state index contributed by atoms with van der Waals surface area (Å²) in [7, 11) is 0. The highest BCUT2D eigenvalue weighted by Crippen LogP contribution is 2.50. The second kappa shape index (κ2) is 8.27. The fraction of sp³-hybridized carbons (Fsp3) is 0.409. The molecule has 6 nitrogen and oxygen atoms in total. The molecule has 1 atom stereocenters. The molecule has 12 heteroatoms. The molecule has 0 spiro atoms. The number of oxime groups is 1. The number of hydrogen-bond acceptors (Lipinski definition) is 5. The van der Waals surface area contributed by atoms with Gasteiger partial charge >= 0.3 is 6.18 Å².